The zero-order valence-corrected chi connectivity index (χ0v) is 19.9. The number of nitrogens with zero attached hydrogens (tertiary/aromatic N) is 1. The van der Waals surface area contributed by atoms with Crippen LogP contribution < -0.4 is 0 Å². The molecule has 0 saturated heterocycles. The highest BCUT2D eigenvalue weighted by Gasteiger charge is 2.21. The van der Waals surface area contributed by atoms with Crippen LogP contribution in [-0.4, -0.2) is 22.2 Å². The average molecular weight is 480 g/mol. The number of rotatable bonds is 9. The SMILES string of the molecule is Cc1noc(-c2ccc(C#CCCCCC(=O)O)cc2)c1CC(=O)OC(C)c1ccccc1Cl. The van der Waals surface area contributed by atoms with E-state index in [2.05, 4.69) is 17.0 Å². The minimum absolute atomic E-state index is 0.0252. The molecule has 2 aromatic carbocycles. The van der Waals surface area contributed by atoms with Gasteiger partial charge in [-0.15, -0.1) is 0 Å². The number of carboxylic acids is 1. The fourth-order valence-corrected chi connectivity index (χ4v) is 3.72. The largest absolute Gasteiger partial charge is 0.481 e. The van der Waals surface area contributed by atoms with Crippen molar-refractivity contribution in [3.05, 3.63) is 75.9 Å². The van der Waals surface area contributed by atoms with Crippen LogP contribution in [0.5, 0.6) is 0 Å². The molecule has 0 radical (unpaired) electrons. The van der Waals surface area contributed by atoms with Gasteiger partial charge in [-0.05, 0) is 57.0 Å². The van der Waals surface area contributed by atoms with Crippen LogP contribution in [0.4, 0.5) is 0 Å². The Kier molecular flexibility index (Phi) is 8.89. The van der Waals surface area contributed by atoms with Crippen LogP contribution >= 0.6 is 11.6 Å². The van der Waals surface area contributed by atoms with Gasteiger partial charge in [-0.25, -0.2) is 0 Å². The molecule has 0 amide bonds. The molecule has 1 atom stereocenters. The Balaban J connectivity index is 1.63. The van der Waals surface area contributed by atoms with Crippen molar-refractivity contribution in [2.45, 2.75) is 52.1 Å². The number of hydrogen-bond donors (Lipinski definition) is 1. The Hall–Kier alpha value is -3.56. The van der Waals surface area contributed by atoms with E-state index in [0.717, 1.165) is 23.1 Å². The number of halogens is 1. The second kappa shape index (κ2) is 12.1. The molecule has 0 aliphatic carbocycles. The molecule has 1 N–H and O–H groups in total. The molecule has 1 unspecified atom stereocenters. The second-order valence-corrected chi connectivity index (χ2v) is 8.29. The molecule has 0 spiro atoms. The number of aromatic nitrogens is 1. The zero-order chi connectivity index (χ0) is 24.5. The molecule has 1 heterocycles. The second-order valence-electron chi connectivity index (χ2n) is 7.89. The van der Waals surface area contributed by atoms with E-state index in [1.54, 1.807) is 19.9 Å². The molecule has 0 aliphatic rings. The summed E-state index contributed by atoms with van der Waals surface area (Å²) in [5.41, 5.74) is 3.68. The monoisotopic (exact) mass is 479 g/mol. The van der Waals surface area contributed by atoms with E-state index in [-0.39, 0.29) is 12.8 Å². The van der Waals surface area contributed by atoms with Gasteiger partial charge in [-0.3, -0.25) is 9.59 Å². The summed E-state index contributed by atoms with van der Waals surface area (Å²) in [5.74, 6) is 5.48. The summed E-state index contributed by atoms with van der Waals surface area (Å²) in [6.07, 6.45) is 1.74. The summed E-state index contributed by atoms with van der Waals surface area (Å²) in [5, 5.41) is 13.2. The lowest BCUT2D eigenvalue weighted by molar-refractivity contribution is -0.147. The topological polar surface area (TPSA) is 89.6 Å². The Bertz CT molecular complexity index is 1200. The summed E-state index contributed by atoms with van der Waals surface area (Å²) in [6.45, 7) is 3.57. The Morgan fingerprint density at radius 1 is 1.15 bits per heavy atom. The van der Waals surface area contributed by atoms with E-state index in [4.69, 9.17) is 26.0 Å². The number of benzene rings is 2. The number of hydrogen-bond acceptors (Lipinski definition) is 5. The van der Waals surface area contributed by atoms with Crippen molar-refractivity contribution < 1.29 is 24.0 Å². The van der Waals surface area contributed by atoms with Crippen molar-refractivity contribution in [3.8, 4) is 23.2 Å². The van der Waals surface area contributed by atoms with Crippen LogP contribution in [0.1, 0.15) is 61.1 Å². The average Bonchev–Trinajstić information content (AvgIpc) is 3.16. The first kappa shape index (κ1) is 25.1. The molecule has 6 nitrogen and oxygen atoms in total. The number of carbonyl (C=O) groups is 2. The van der Waals surface area contributed by atoms with E-state index in [1.165, 1.54) is 0 Å². The fourth-order valence-electron chi connectivity index (χ4n) is 3.43. The van der Waals surface area contributed by atoms with Gasteiger partial charge in [0.25, 0.3) is 0 Å². The molecule has 0 saturated carbocycles. The number of aliphatic carboxylic acids is 1. The van der Waals surface area contributed by atoms with Crippen molar-refractivity contribution in [2.24, 2.45) is 0 Å². The van der Waals surface area contributed by atoms with Gasteiger partial charge < -0.3 is 14.4 Å². The molecular formula is C27H26ClNO5. The number of aryl methyl sites for hydroxylation is 1. The van der Waals surface area contributed by atoms with Crippen molar-refractivity contribution >= 4 is 23.5 Å². The Morgan fingerprint density at radius 3 is 2.59 bits per heavy atom. The molecule has 176 valence electrons. The number of unbranched alkanes of at least 4 members (excludes halogenated alkanes) is 2. The molecule has 3 rings (SSSR count). The number of carboxylic acid groups (broad SMARTS) is 1. The van der Waals surface area contributed by atoms with Crippen LogP contribution in [0, 0.1) is 18.8 Å². The molecule has 3 aromatic rings. The highest BCUT2D eigenvalue weighted by atomic mass is 35.5. The summed E-state index contributed by atoms with van der Waals surface area (Å²) in [6, 6.07) is 14.8. The molecular weight excluding hydrogens is 454 g/mol. The highest BCUT2D eigenvalue weighted by Crippen LogP contribution is 2.29. The van der Waals surface area contributed by atoms with Crippen LogP contribution in [0.15, 0.2) is 53.1 Å². The van der Waals surface area contributed by atoms with E-state index in [0.29, 0.717) is 34.9 Å². The maximum absolute atomic E-state index is 12.6. The fraction of sp³-hybridized carbons (Fsp3) is 0.296. The summed E-state index contributed by atoms with van der Waals surface area (Å²) >= 11 is 6.21. The van der Waals surface area contributed by atoms with Gasteiger partial charge in [0, 0.05) is 40.1 Å². The number of carbonyl (C=O) groups excluding carboxylic acids is 1. The quantitative estimate of drug-likeness (QED) is 0.225. The normalized spacial score (nSPS) is 11.4. The van der Waals surface area contributed by atoms with E-state index >= 15 is 0 Å². The van der Waals surface area contributed by atoms with Crippen LogP contribution in [-0.2, 0) is 20.7 Å². The Labute approximate surface area is 203 Å². The first-order chi connectivity index (χ1) is 16.3. The standard InChI is InChI=1S/C27H26ClNO5/c1-18-23(17-26(32)33-19(2)22-10-7-8-11-24(22)28)27(34-29-18)21-15-13-20(14-16-21)9-5-3-4-6-12-25(30)31/h7-8,10-11,13-16,19H,3-4,6,12,17H2,1-2H3,(H,30,31). The van der Waals surface area contributed by atoms with Gasteiger partial charge in [-0.1, -0.05) is 46.8 Å². The summed E-state index contributed by atoms with van der Waals surface area (Å²) in [4.78, 5) is 23.2. The minimum atomic E-state index is -0.783. The van der Waals surface area contributed by atoms with Crippen LogP contribution in [0.25, 0.3) is 11.3 Å². The molecule has 34 heavy (non-hydrogen) atoms. The lowest BCUT2D eigenvalue weighted by atomic mass is 10.0. The van der Waals surface area contributed by atoms with E-state index < -0.39 is 18.0 Å². The predicted molar refractivity (Wildman–Crippen MR) is 129 cm³/mol. The van der Waals surface area contributed by atoms with Crippen molar-refractivity contribution in [2.75, 3.05) is 0 Å². The molecule has 0 fully saturated rings. The number of esters is 1. The molecule has 0 bridgehead atoms. The first-order valence-electron chi connectivity index (χ1n) is 11.0. The van der Waals surface area contributed by atoms with Gasteiger partial charge in [0.15, 0.2) is 5.76 Å². The zero-order valence-electron chi connectivity index (χ0n) is 19.1. The molecule has 0 aliphatic heterocycles. The van der Waals surface area contributed by atoms with Gasteiger partial charge in [0.1, 0.15) is 6.10 Å². The van der Waals surface area contributed by atoms with Gasteiger partial charge in [0.05, 0.1) is 12.1 Å². The maximum Gasteiger partial charge on any atom is 0.311 e. The minimum Gasteiger partial charge on any atom is -0.481 e. The lowest BCUT2D eigenvalue weighted by Gasteiger charge is -2.15. The van der Waals surface area contributed by atoms with Gasteiger partial charge in [-0.2, -0.15) is 0 Å². The first-order valence-corrected chi connectivity index (χ1v) is 11.4. The van der Waals surface area contributed by atoms with Crippen molar-refractivity contribution in [1.29, 1.82) is 0 Å². The van der Waals surface area contributed by atoms with Crippen molar-refractivity contribution in [1.82, 2.24) is 5.16 Å². The summed E-state index contributed by atoms with van der Waals surface area (Å²) < 4.78 is 11.1. The smallest absolute Gasteiger partial charge is 0.311 e. The lowest BCUT2D eigenvalue weighted by Crippen LogP contribution is -2.12. The predicted octanol–water partition coefficient (Wildman–Crippen LogP) is 6.15. The molecule has 7 heteroatoms. The van der Waals surface area contributed by atoms with Crippen LogP contribution in [0.2, 0.25) is 5.02 Å². The Morgan fingerprint density at radius 2 is 1.88 bits per heavy atom. The third-order valence-electron chi connectivity index (χ3n) is 5.28. The third kappa shape index (κ3) is 6.97. The number of ether oxygens (including phenoxy) is 1. The van der Waals surface area contributed by atoms with E-state index in [9.17, 15) is 9.59 Å². The maximum atomic E-state index is 12.6. The third-order valence-corrected chi connectivity index (χ3v) is 5.62. The highest BCUT2D eigenvalue weighted by molar-refractivity contribution is 6.31. The van der Waals surface area contributed by atoms with Crippen LogP contribution in [0.3, 0.4) is 0 Å². The van der Waals surface area contributed by atoms with Gasteiger partial charge in [0.2, 0.25) is 0 Å². The summed E-state index contributed by atoms with van der Waals surface area (Å²) in [7, 11) is 0. The molecule has 1 aromatic heterocycles. The van der Waals surface area contributed by atoms with Gasteiger partial charge >= 0.3 is 11.9 Å². The van der Waals surface area contributed by atoms with Crippen molar-refractivity contribution in [3.63, 3.8) is 0 Å². The van der Waals surface area contributed by atoms with E-state index in [1.807, 2.05) is 42.5 Å².